The van der Waals surface area contributed by atoms with Crippen molar-refractivity contribution in [3.8, 4) is 0 Å². The number of hydrogen-bond donors (Lipinski definition) is 1. The lowest BCUT2D eigenvalue weighted by atomic mass is 10.3. The minimum Gasteiger partial charge on any atom is -0.303 e. The summed E-state index contributed by atoms with van der Waals surface area (Å²) in [5.74, 6) is 0. The molecule has 0 saturated carbocycles. The number of carbonyl (C=O) groups excluding carboxylic acids is 1. The molecule has 1 rings (SSSR count). The van der Waals surface area contributed by atoms with Crippen molar-refractivity contribution in [2.24, 2.45) is 0 Å². The molecule has 2 unspecified atom stereocenters. The molecule has 1 amide bonds. The van der Waals surface area contributed by atoms with Crippen LogP contribution in [0.3, 0.4) is 0 Å². The Morgan fingerprint density at radius 2 is 2.11 bits per heavy atom. The zero-order valence-corrected chi connectivity index (χ0v) is 12.0. The van der Waals surface area contributed by atoms with Crippen LogP contribution in [0, 0.1) is 0 Å². The first-order chi connectivity index (χ1) is 8.59. The van der Waals surface area contributed by atoms with Gasteiger partial charge in [-0.05, 0) is 46.2 Å². The van der Waals surface area contributed by atoms with Crippen LogP contribution in [0.4, 0.5) is 0 Å². The quantitative estimate of drug-likeness (QED) is 0.514. The first kappa shape index (κ1) is 15.6. The van der Waals surface area contributed by atoms with Crippen LogP contribution in [0.25, 0.3) is 0 Å². The highest BCUT2D eigenvalue weighted by Crippen LogP contribution is 2.44. The number of carbonyl (C=O) groups is 1. The van der Waals surface area contributed by atoms with E-state index in [2.05, 4.69) is 9.99 Å². The van der Waals surface area contributed by atoms with Crippen LogP contribution in [0.5, 0.6) is 0 Å². The molecule has 0 aliphatic carbocycles. The average Bonchev–Trinajstić information content (AvgIpc) is 2.79. The summed E-state index contributed by atoms with van der Waals surface area (Å²) >= 11 is 0. The summed E-state index contributed by atoms with van der Waals surface area (Å²) in [6.07, 6.45) is 3.41. The van der Waals surface area contributed by atoms with E-state index in [1.54, 1.807) is 6.92 Å². The monoisotopic (exact) mass is 278 g/mol. The molecular formula is C11H23N2O4P. The maximum absolute atomic E-state index is 12.0. The number of rotatable bonds is 9. The van der Waals surface area contributed by atoms with Crippen molar-refractivity contribution >= 4 is 14.2 Å². The summed E-state index contributed by atoms with van der Waals surface area (Å²) in [5, 5.41) is 2.14. The number of hydrogen-bond acceptors (Lipinski definition) is 5. The third-order valence-corrected chi connectivity index (χ3v) is 4.54. The molecule has 106 valence electrons. The molecule has 1 saturated heterocycles. The maximum atomic E-state index is 12.0. The first-order valence-electron chi connectivity index (χ1n) is 6.46. The molecule has 7 heteroatoms. The van der Waals surface area contributed by atoms with Crippen molar-refractivity contribution in [3.05, 3.63) is 0 Å². The molecule has 0 bridgehead atoms. The highest BCUT2D eigenvalue weighted by atomic mass is 31.2. The molecular weight excluding hydrogens is 255 g/mol. The van der Waals surface area contributed by atoms with Gasteiger partial charge in [0.2, 0.25) is 6.41 Å². The van der Waals surface area contributed by atoms with Crippen molar-refractivity contribution in [3.63, 3.8) is 0 Å². The Morgan fingerprint density at radius 3 is 2.67 bits per heavy atom. The van der Waals surface area contributed by atoms with Crippen LogP contribution >= 0.6 is 7.75 Å². The molecule has 1 heterocycles. The number of nitrogens with zero attached hydrogens (tertiary/aromatic N) is 1. The Kier molecular flexibility index (Phi) is 6.86. The lowest BCUT2D eigenvalue weighted by molar-refractivity contribution is -0.108. The van der Waals surface area contributed by atoms with Gasteiger partial charge in [0.25, 0.3) is 0 Å². The van der Waals surface area contributed by atoms with E-state index in [-0.39, 0.29) is 12.7 Å². The Labute approximate surface area is 109 Å². The fraction of sp³-hybridized carbons (Fsp3) is 0.909. The van der Waals surface area contributed by atoms with Gasteiger partial charge in [-0.15, -0.1) is 0 Å². The zero-order chi connectivity index (χ0) is 13.4. The molecule has 1 aliphatic rings. The second-order valence-corrected chi connectivity index (χ2v) is 6.14. The Hall–Kier alpha value is -0.420. The van der Waals surface area contributed by atoms with E-state index in [4.69, 9.17) is 9.05 Å². The Bertz CT molecular complexity index is 295. The van der Waals surface area contributed by atoms with Crippen LogP contribution < -0.4 is 5.09 Å². The van der Waals surface area contributed by atoms with E-state index in [0.29, 0.717) is 6.41 Å². The van der Waals surface area contributed by atoms with Crippen molar-refractivity contribution in [2.75, 3.05) is 26.2 Å². The predicted molar refractivity (Wildman–Crippen MR) is 69.3 cm³/mol. The van der Waals surface area contributed by atoms with Crippen molar-refractivity contribution < 1.29 is 18.4 Å². The molecule has 2 atom stereocenters. The molecule has 1 aliphatic heterocycles. The molecule has 0 aromatic rings. The van der Waals surface area contributed by atoms with Crippen LogP contribution in [-0.4, -0.2) is 43.7 Å². The molecule has 0 aromatic heterocycles. The Balaban J connectivity index is 2.33. The first-order valence-corrected chi connectivity index (χ1v) is 8.00. The summed E-state index contributed by atoms with van der Waals surface area (Å²) in [6.45, 7) is 6.96. The van der Waals surface area contributed by atoms with E-state index in [1.807, 2.05) is 6.92 Å². The Morgan fingerprint density at radius 1 is 1.44 bits per heavy atom. The van der Waals surface area contributed by atoms with Gasteiger partial charge >= 0.3 is 7.75 Å². The predicted octanol–water partition coefficient (Wildman–Crippen LogP) is 1.77. The van der Waals surface area contributed by atoms with E-state index >= 15 is 0 Å². The fourth-order valence-corrected chi connectivity index (χ4v) is 3.24. The lowest BCUT2D eigenvalue weighted by Gasteiger charge is -2.22. The van der Waals surface area contributed by atoms with E-state index in [0.717, 1.165) is 26.1 Å². The highest BCUT2D eigenvalue weighted by molar-refractivity contribution is 7.52. The second-order valence-electron chi connectivity index (χ2n) is 4.42. The molecule has 18 heavy (non-hydrogen) atoms. The third-order valence-electron chi connectivity index (χ3n) is 2.88. The van der Waals surface area contributed by atoms with Gasteiger partial charge in [-0.2, -0.15) is 0 Å². The minimum absolute atomic E-state index is 0.213. The third kappa shape index (κ3) is 5.48. The highest BCUT2D eigenvalue weighted by Gasteiger charge is 2.26. The van der Waals surface area contributed by atoms with Gasteiger partial charge < -0.3 is 4.90 Å². The number of likely N-dealkylation sites (tertiary alicyclic amines) is 1. The smallest absolute Gasteiger partial charge is 0.303 e. The van der Waals surface area contributed by atoms with Gasteiger partial charge in [0.15, 0.2) is 0 Å². The molecule has 1 fully saturated rings. The molecule has 0 spiro atoms. The fourth-order valence-electron chi connectivity index (χ4n) is 1.99. The lowest BCUT2D eigenvalue weighted by Crippen LogP contribution is -2.25. The van der Waals surface area contributed by atoms with Crippen LogP contribution in [0.1, 0.15) is 33.1 Å². The van der Waals surface area contributed by atoms with Gasteiger partial charge in [0, 0.05) is 6.54 Å². The van der Waals surface area contributed by atoms with Crippen molar-refractivity contribution in [2.45, 2.75) is 39.2 Å². The van der Waals surface area contributed by atoms with Crippen LogP contribution in [0.15, 0.2) is 0 Å². The van der Waals surface area contributed by atoms with Crippen molar-refractivity contribution in [1.82, 2.24) is 9.99 Å². The summed E-state index contributed by atoms with van der Waals surface area (Å²) in [6, 6.07) is 0. The summed E-state index contributed by atoms with van der Waals surface area (Å²) in [7, 11) is -3.47. The van der Waals surface area contributed by atoms with Gasteiger partial charge in [-0.25, -0.2) is 4.57 Å². The summed E-state index contributed by atoms with van der Waals surface area (Å²) in [4.78, 5) is 12.8. The topological polar surface area (TPSA) is 67.9 Å². The summed E-state index contributed by atoms with van der Waals surface area (Å²) < 4.78 is 22.4. The van der Waals surface area contributed by atoms with Crippen LogP contribution in [-0.2, 0) is 18.4 Å². The largest absolute Gasteiger partial charge is 0.434 e. The van der Waals surface area contributed by atoms with Gasteiger partial charge in [0.1, 0.15) is 0 Å². The maximum Gasteiger partial charge on any atom is 0.434 e. The minimum atomic E-state index is -3.47. The summed E-state index contributed by atoms with van der Waals surface area (Å²) in [5.41, 5.74) is 0. The van der Waals surface area contributed by atoms with Crippen LogP contribution in [0.2, 0.25) is 0 Å². The average molecular weight is 278 g/mol. The number of amides is 1. The van der Waals surface area contributed by atoms with E-state index < -0.39 is 7.75 Å². The molecule has 1 N–H and O–H groups in total. The van der Waals surface area contributed by atoms with Gasteiger partial charge in [-0.1, -0.05) is 0 Å². The molecule has 6 nitrogen and oxygen atoms in total. The number of nitrogens with one attached hydrogen (secondary N) is 1. The molecule has 0 aromatic carbocycles. The standard InChI is InChI=1S/C11H23N2O4P/c1-3-16-18(15,12-10-14)17-11(2)6-9-13-7-4-5-8-13/h10-11H,3-9H2,1-2H3,(H,12,14,15). The van der Waals surface area contributed by atoms with Gasteiger partial charge in [0.05, 0.1) is 12.7 Å². The normalized spacial score (nSPS) is 21.4. The zero-order valence-electron chi connectivity index (χ0n) is 11.1. The van der Waals surface area contributed by atoms with E-state index in [1.165, 1.54) is 12.8 Å². The molecule has 0 radical (unpaired) electrons. The van der Waals surface area contributed by atoms with Gasteiger partial charge in [-0.3, -0.25) is 18.9 Å². The van der Waals surface area contributed by atoms with E-state index in [9.17, 15) is 9.36 Å². The SMILES string of the molecule is CCOP(=O)(NC=O)OC(C)CCN1CCCC1. The van der Waals surface area contributed by atoms with Crippen molar-refractivity contribution in [1.29, 1.82) is 0 Å². The second kappa shape index (κ2) is 7.89.